The minimum Gasteiger partial charge on any atom is -0.329 e. The zero-order chi connectivity index (χ0) is 10.7. The van der Waals surface area contributed by atoms with E-state index >= 15 is 0 Å². The van der Waals surface area contributed by atoms with Crippen molar-refractivity contribution in [1.82, 2.24) is 0 Å². The van der Waals surface area contributed by atoms with Crippen LogP contribution in [0, 0.1) is 5.92 Å². The molecule has 0 saturated heterocycles. The summed E-state index contributed by atoms with van der Waals surface area (Å²) in [7, 11) is -1.26. The van der Waals surface area contributed by atoms with Crippen LogP contribution in [-0.2, 0) is 9.30 Å². The van der Waals surface area contributed by atoms with E-state index in [2.05, 4.69) is 0 Å². The second-order valence-electron chi connectivity index (χ2n) is 3.75. The van der Waals surface area contributed by atoms with Gasteiger partial charge in [-0.1, -0.05) is 18.9 Å². The van der Waals surface area contributed by atoms with Crippen molar-refractivity contribution in [3.8, 4) is 0 Å². The second kappa shape index (κ2) is 6.34. The molecule has 0 heterocycles. The normalized spacial score (nSPS) is 26.5. The lowest BCUT2D eigenvalue weighted by molar-refractivity contribution is 0.109. The second-order valence-corrected chi connectivity index (χ2v) is 5.60. The highest BCUT2D eigenvalue weighted by Crippen LogP contribution is 2.35. The molecule has 0 fully saturated rings. The van der Waals surface area contributed by atoms with Crippen molar-refractivity contribution >= 4 is 7.80 Å². The summed E-state index contributed by atoms with van der Waals surface area (Å²) in [5.41, 5.74) is 0.678. The van der Waals surface area contributed by atoms with E-state index in [-0.39, 0.29) is 31.6 Å². The zero-order valence-corrected chi connectivity index (χ0v) is 9.81. The zero-order valence-electron chi connectivity index (χ0n) is 8.92. The molecule has 3 unspecified atom stereocenters. The molecule has 0 aromatic rings. The largest absolute Gasteiger partial charge is 0.366 e. The van der Waals surface area contributed by atoms with Gasteiger partial charge in [-0.25, -0.2) is 4.39 Å². The van der Waals surface area contributed by atoms with Gasteiger partial charge in [-0.05, 0) is 25.8 Å². The van der Waals surface area contributed by atoms with Gasteiger partial charge in [0.2, 0.25) is 6.35 Å². The molecule has 0 amide bonds. The molecule has 1 aliphatic carbocycles. The van der Waals surface area contributed by atoms with Crippen LogP contribution < -0.4 is 0 Å². The summed E-state index contributed by atoms with van der Waals surface area (Å²) < 4.78 is 29.9. The molecule has 0 N–H and O–H groups in total. The quantitative estimate of drug-likeness (QED) is 0.686. The molecule has 1 rings (SSSR count). The number of halogens is 1. The fraction of sp³-hybridized carbons (Fsp3) is 0.818. The van der Waals surface area contributed by atoms with Crippen LogP contribution in [-0.4, -0.2) is 18.6 Å². The predicted molar refractivity (Wildman–Crippen MR) is 62.2 cm³/mol. The van der Waals surface area contributed by atoms with Crippen LogP contribution in [0.1, 0.15) is 34.6 Å². The number of hydrogen-bond acceptors (Lipinski definition) is 2. The molecule has 2 nitrogen and oxygen atoms in total. The van der Waals surface area contributed by atoms with E-state index in [1.807, 2.05) is 13.8 Å². The smallest absolute Gasteiger partial charge is 0.329 e. The maximum absolute atomic E-state index is 13.3. The van der Waals surface area contributed by atoms with Gasteiger partial charge in [-0.2, -0.15) is 0 Å². The molecule has 1 aliphatic rings. The molecule has 0 bridgehead atoms. The average Bonchev–Trinajstić information content (AvgIpc) is 2.42. The van der Waals surface area contributed by atoms with E-state index in [1.165, 1.54) is 0 Å². The van der Waals surface area contributed by atoms with Crippen LogP contribution in [0.2, 0.25) is 0 Å². The molecule has 88 valence electrons. The molecule has 3 atom stereocenters. The van der Waals surface area contributed by atoms with Crippen LogP contribution in [0.5, 0.6) is 0 Å². The lowest BCUT2D eigenvalue weighted by atomic mass is 10.1. The summed E-state index contributed by atoms with van der Waals surface area (Å²) in [5, 5.41) is 0. The van der Waals surface area contributed by atoms with Crippen molar-refractivity contribution in [1.29, 1.82) is 0 Å². The van der Waals surface area contributed by atoms with E-state index in [1.54, 1.807) is 6.92 Å². The SMILES string of the molecule is C.CC[P+](=O)COC1CC(C)C(F)=C1C. The van der Waals surface area contributed by atoms with Gasteiger partial charge in [0.1, 0.15) is 12.0 Å². The van der Waals surface area contributed by atoms with Gasteiger partial charge in [-0.3, -0.25) is 0 Å². The highest BCUT2D eigenvalue weighted by molar-refractivity contribution is 7.44. The maximum atomic E-state index is 13.3. The molecular formula is C11H21FO2P+. The van der Waals surface area contributed by atoms with Gasteiger partial charge >= 0.3 is 7.80 Å². The Bertz CT molecular complexity index is 263. The van der Waals surface area contributed by atoms with Crippen molar-refractivity contribution in [2.45, 2.75) is 40.7 Å². The summed E-state index contributed by atoms with van der Waals surface area (Å²) in [6, 6.07) is 0. The van der Waals surface area contributed by atoms with Crippen molar-refractivity contribution in [3.63, 3.8) is 0 Å². The Morgan fingerprint density at radius 2 is 2.20 bits per heavy atom. The molecule has 4 heteroatoms. The third-order valence-electron chi connectivity index (χ3n) is 2.63. The number of allylic oxidation sites excluding steroid dienone is 1. The Labute approximate surface area is 92.7 Å². The van der Waals surface area contributed by atoms with Gasteiger partial charge in [-0.15, -0.1) is 0 Å². The first kappa shape index (κ1) is 14.7. The minimum absolute atomic E-state index is 0. The lowest BCUT2D eigenvalue weighted by Gasteiger charge is -2.09. The van der Waals surface area contributed by atoms with Gasteiger partial charge < -0.3 is 4.74 Å². The lowest BCUT2D eigenvalue weighted by Crippen LogP contribution is -2.11. The van der Waals surface area contributed by atoms with Crippen LogP contribution in [0.3, 0.4) is 0 Å². The van der Waals surface area contributed by atoms with Crippen LogP contribution in [0.15, 0.2) is 11.4 Å². The minimum atomic E-state index is -1.26. The predicted octanol–water partition coefficient (Wildman–Crippen LogP) is 4.10. The van der Waals surface area contributed by atoms with Crippen molar-refractivity contribution in [2.75, 3.05) is 12.5 Å². The van der Waals surface area contributed by atoms with Crippen LogP contribution >= 0.6 is 7.80 Å². The maximum Gasteiger partial charge on any atom is 0.366 e. The standard InChI is InChI=1S/C10H17FO2P.CH4/c1-4-14(12)6-13-9-5-7(2)10(11)8(9)3;/h7,9H,4-6H2,1-3H3;1H4/q+1;. The molecule has 0 spiro atoms. The van der Waals surface area contributed by atoms with Gasteiger partial charge in [0.25, 0.3) is 0 Å². The van der Waals surface area contributed by atoms with E-state index in [0.29, 0.717) is 18.2 Å². The fourth-order valence-corrected chi connectivity index (χ4v) is 2.13. The van der Waals surface area contributed by atoms with Crippen LogP contribution in [0.4, 0.5) is 4.39 Å². The Morgan fingerprint density at radius 3 is 2.60 bits per heavy atom. The highest BCUT2D eigenvalue weighted by Gasteiger charge is 2.31. The Hall–Kier alpha value is -0.270. The first-order chi connectivity index (χ1) is 6.56. The molecule has 0 radical (unpaired) electrons. The third-order valence-corrected chi connectivity index (χ3v) is 3.77. The van der Waals surface area contributed by atoms with E-state index in [0.717, 1.165) is 0 Å². The third kappa shape index (κ3) is 3.66. The molecular weight excluding hydrogens is 214 g/mol. The van der Waals surface area contributed by atoms with Crippen molar-refractivity contribution in [2.24, 2.45) is 5.92 Å². The number of rotatable bonds is 4. The fourth-order valence-electron chi connectivity index (χ4n) is 1.60. The number of ether oxygens (including phenoxy) is 1. The summed E-state index contributed by atoms with van der Waals surface area (Å²) >= 11 is 0. The van der Waals surface area contributed by atoms with Crippen molar-refractivity contribution in [3.05, 3.63) is 11.4 Å². The average molecular weight is 235 g/mol. The summed E-state index contributed by atoms with van der Waals surface area (Å²) in [5.74, 6) is -0.0961. The molecule has 0 aromatic heterocycles. The summed E-state index contributed by atoms with van der Waals surface area (Å²) in [6.07, 6.45) is 1.41. The first-order valence-corrected chi connectivity index (χ1v) is 6.59. The van der Waals surface area contributed by atoms with E-state index in [9.17, 15) is 8.96 Å². The Morgan fingerprint density at radius 1 is 1.60 bits per heavy atom. The van der Waals surface area contributed by atoms with Gasteiger partial charge in [0, 0.05) is 5.92 Å². The highest BCUT2D eigenvalue weighted by atomic mass is 31.1. The van der Waals surface area contributed by atoms with Crippen molar-refractivity contribution < 1.29 is 13.7 Å². The van der Waals surface area contributed by atoms with E-state index < -0.39 is 7.80 Å². The topological polar surface area (TPSA) is 26.3 Å². The monoisotopic (exact) mass is 235 g/mol. The van der Waals surface area contributed by atoms with E-state index in [4.69, 9.17) is 4.74 Å². The molecule has 0 aliphatic heterocycles. The molecule has 0 saturated carbocycles. The number of hydrogen-bond donors (Lipinski definition) is 0. The Kier molecular flexibility index (Phi) is 6.23. The first-order valence-electron chi connectivity index (χ1n) is 4.96. The molecule has 15 heavy (non-hydrogen) atoms. The van der Waals surface area contributed by atoms with Gasteiger partial charge in [0.15, 0.2) is 0 Å². The molecule has 0 aromatic carbocycles. The Balaban J connectivity index is 0.00000196. The van der Waals surface area contributed by atoms with Crippen LogP contribution in [0.25, 0.3) is 0 Å². The van der Waals surface area contributed by atoms with Gasteiger partial charge in [0.05, 0.1) is 6.10 Å². The summed E-state index contributed by atoms with van der Waals surface area (Å²) in [4.78, 5) is 0. The summed E-state index contributed by atoms with van der Waals surface area (Å²) in [6.45, 7) is 5.47.